The van der Waals surface area contributed by atoms with Crippen LogP contribution in [0.25, 0.3) is 0 Å². The number of allylic oxidation sites excluding steroid dienone is 1. The molecule has 0 aromatic heterocycles. The minimum absolute atomic E-state index is 0.0591. The molecule has 0 amide bonds. The molecule has 0 unspecified atom stereocenters. The van der Waals surface area contributed by atoms with E-state index in [0.29, 0.717) is 0 Å². The van der Waals surface area contributed by atoms with Crippen LogP contribution in [0, 0.1) is 0 Å². The molecule has 3 nitrogen and oxygen atoms in total. The van der Waals surface area contributed by atoms with E-state index in [-0.39, 0.29) is 32.1 Å². The molecule has 0 N–H and O–H groups in total. The Morgan fingerprint density at radius 3 is 2.25 bits per heavy atom. The summed E-state index contributed by atoms with van der Waals surface area (Å²) in [6, 6.07) is 7.31. The zero-order chi connectivity index (χ0) is 14.6. The minimum Gasteiger partial charge on any atom is -0.448 e. The Labute approximate surface area is 113 Å². The largest absolute Gasteiger partial charge is 0.454 e. The summed E-state index contributed by atoms with van der Waals surface area (Å²) < 4.78 is 62.5. The van der Waals surface area contributed by atoms with Gasteiger partial charge in [0.25, 0.3) is 5.76 Å². The summed E-state index contributed by atoms with van der Waals surface area (Å²) in [5.41, 5.74) is 0. The molecular weight excluding hydrogens is 278 g/mol. The van der Waals surface area contributed by atoms with Gasteiger partial charge in [-0.15, -0.1) is 0 Å². The number of hydrogen-bond acceptors (Lipinski definition) is 3. The van der Waals surface area contributed by atoms with Crippen LogP contribution in [0.3, 0.4) is 0 Å². The van der Waals surface area contributed by atoms with E-state index in [1.54, 1.807) is 6.07 Å². The first kappa shape index (κ1) is 14.6. The van der Waals surface area contributed by atoms with Crippen LogP contribution in [0.5, 0.6) is 5.75 Å². The standard InChI is InChI=1S/C13H13F4NO2/c14-12(18-6-8-19-9-7-18)11(13(15,16)17)20-10-4-2-1-3-5-10/h1-5H,6-9H2/b12-11+. The van der Waals surface area contributed by atoms with Gasteiger partial charge in [0, 0.05) is 13.1 Å². The third-order valence-corrected chi connectivity index (χ3v) is 2.70. The van der Waals surface area contributed by atoms with E-state index in [1.165, 1.54) is 24.3 Å². The van der Waals surface area contributed by atoms with Gasteiger partial charge >= 0.3 is 6.18 Å². The molecule has 1 saturated heterocycles. The Balaban J connectivity index is 2.26. The Hall–Kier alpha value is -1.76. The van der Waals surface area contributed by atoms with Gasteiger partial charge in [-0.3, -0.25) is 0 Å². The summed E-state index contributed by atoms with van der Waals surface area (Å²) >= 11 is 0. The number of para-hydroxylation sites is 1. The SMILES string of the molecule is F/C(=C(\Oc1ccccc1)C(F)(F)F)N1CCOCC1. The number of morpholine rings is 1. The maximum atomic E-state index is 14.0. The van der Waals surface area contributed by atoms with E-state index in [9.17, 15) is 17.6 Å². The van der Waals surface area contributed by atoms with Crippen LogP contribution in [-0.4, -0.2) is 37.4 Å². The van der Waals surface area contributed by atoms with E-state index in [2.05, 4.69) is 0 Å². The van der Waals surface area contributed by atoms with Gasteiger partial charge in [0.05, 0.1) is 13.2 Å². The van der Waals surface area contributed by atoms with Crippen molar-refractivity contribution in [2.24, 2.45) is 0 Å². The van der Waals surface area contributed by atoms with Gasteiger partial charge in [-0.25, -0.2) is 0 Å². The summed E-state index contributed by atoms with van der Waals surface area (Å²) in [6.07, 6.45) is -4.90. The zero-order valence-electron chi connectivity index (χ0n) is 10.5. The Kier molecular flexibility index (Phi) is 4.49. The molecule has 1 aromatic rings. The molecule has 1 aliphatic rings. The molecule has 1 aromatic carbocycles. The third kappa shape index (κ3) is 3.63. The number of hydrogen-bond donors (Lipinski definition) is 0. The van der Waals surface area contributed by atoms with Crippen molar-refractivity contribution in [3.05, 3.63) is 42.0 Å². The summed E-state index contributed by atoms with van der Waals surface area (Å²) in [5, 5.41) is 0. The maximum Gasteiger partial charge on any atom is 0.454 e. The third-order valence-electron chi connectivity index (χ3n) is 2.70. The first-order valence-corrected chi connectivity index (χ1v) is 6.01. The smallest absolute Gasteiger partial charge is 0.448 e. The summed E-state index contributed by atoms with van der Waals surface area (Å²) in [4.78, 5) is 0.968. The summed E-state index contributed by atoms with van der Waals surface area (Å²) in [5.74, 6) is -3.11. The molecular formula is C13H13F4NO2. The van der Waals surface area contributed by atoms with Crippen LogP contribution in [0.4, 0.5) is 17.6 Å². The van der Waals surface area contributed by atoms with Crippen molar-refractivity contribution in [3.63, 3.8) is 0 Å². The second kappa shape index (κ2) is 6.13. The maximum absolute atomic E-state index is 14.0. The van der Waals surface area contributed by atoms with E-state index >= 15 is 0 Å². The summed E-state index contributed by atoms with van der Waals surface area (Å²) in [7, 11) is 0. The average Bonchev–Trinajstić information content (AvgIpc) is 2.45. The van der Waals surface area contributed by atoms with Gasteiger partial charge < -0.3 is 14.4 Å². The predicted octanol–water partition coefficient (Wildman–Crippen LogP) is 3.10. The van der Waals surface area contributed by atoms with Crippen molar-refractivity contribution in [1.82, 2.24) is 4.90 Å². The lowest BCUT2D eigenvalue weighted by molar-refractivity contribution is -0.122. The molecule has 0 bridgehead atoms. The normalized spacial score (nSPS) is 17.7. The van der Waals surface area contributed by atoms with Crippen molar-refractivity contribution < 1.29 is 27.0 Å². The minimum atomic E-state index is -4.90. The first-order valence-electron chi connectivity index (χ1n) is 6.01. The van der Waals surface area contributed by atoms with Crippen molar-refractivity contribution in [2.45, 2.75) is 6.18 Å². The van der Waals surface area contributed by atoms with Crippen LogP contribution in [0.2, 0.25) is 0 Å². The Morgan fingerprint density at radius 2 is 1.70 bits per heavy atom. The van der Waals surface area contributed by atoms with E-state index in [0.717, 1.165) is 4.90 Å². The van der Waals surface area contributed by atoms with Crippen LogP contribution >= 0.6 is 0 Å². The van der Waals surface area contributed by atoms with E-state index in [1.807, 2.05) is 0 Å². The quantitative estimate of drug-likeness (QED) is 0.485. The number of nitrogens with zero attached hydrogens (tertiary/aromatic N) is 1. The molecule has 7 heteroatoms. The second-order valence-corrected chi connectivity index (χ2v) is 4.13. The molecule has 110 valence electrons. The molecule has 1 fully saturated rings. The molecule has 1 heterocycles. The van der Waals surface area contributed by atoms with Gasteiger partial charge in [-0.05, 0) is 12.1 Å². The predicted molar refractivity (Wildman–Crippen MR) is 63.7 cm³/mol. The van der Waals surface area contributed by atoms with Gasteiger partial charge in [-0.2, -0.15) is 17.6 Å². The average molecular weight is 291 g/mol. The molecule has 0 spiro atoms. The Morgan fingerprint density at radius 1 is 1.10 bits per heavy atom. The van der Waals surface area contributed by atoms with Crippen molar-refractivity contribution in [3.8, 4) is 5.75 Å². The van der Waals surface area contributed by atoms with E-state index < -0.39 is 17.9 Å². The number of halogens is 4. The monoisotopic (exact) mass is 291 g/mol. The molecule has 1 aliphatic heterocycles. The van der Waals surface area contributed by atoms with Crippen LogP contribution in [0.1, 0.15) is 0 Å². The fourth-order valence-electron chi connectivity index (χ4n) is 1.73. The fourth-order valence-corrected chi connectivity index (χ4v) is 1.73. The summed E-state index contributed by atoms with van der Waals surface area (Å²) in [6.45, 7) is 0.487. The number of benzene rings is 1. The number of ether oxygens (including phenoxy) is 2. The topological polar surface area (TPSA) is 21.7 Å². The highest BCUT2D eigenvalue weighted by atomic mass is 19.4. The highest BCUT2D eigenvalue weighted by Gasteiger charge is 2.42. The lowest BCUT2D eigenvalue weighted by Crippen LogP contribution is -2.37. The number of rotatable bonds is 3. The molecule has 0 atom stereocenters. The van der Waals surface area contributed by atoms with Crippen molar-refractivity contribution in [1.29, 1.82) is 0 Å². The molecule has 2 rings (SSSR count). The number of alkyl halides is 3. The molecule has 0 aliphatic carbocycles. The Bertz CT molecular complexity index is 467. The van der Waals surface area contributed by atoms with Crippen molar-refractivity contribution >= 4 is 0 Å². The first-order chi connectivity index (χ1) is 9.48. The van der Waals surface area contributed by atoms with Crippen LogP contribution < -0.4 is 4.74 Å². The van der Waals surface area contributed by atoms with Crippen LogP contribution in [0.15, 0.2) is 42.0 Å². The van der Waals surface area contributed by atoms with Gasteiger partial charge in [0.15, 0.2) is 0 Å². The van der Waals surface area contributed by atoms with E-state index in [4.69, 9.17) is 9.47 Å². The lowest BCUT2D eigenvalue weighted by atomic mass is 10.3. The van der Waals surface area contributed by atoms with Gasteiger partial charge in [0.1, 0.15) is 5.75 Å². The molecule has 20 heavy (non-hydrogen) atoms. The van der Waals surface area contributed by atoms with Crippen LogP contribution in [-0.2, 0) is 4.74 Å². The highest BCUT2D eigenvalue weighted by molar-refractivity contribution is 5.25. The zero-order valence-corrected chi connectivity index (χ0v) is 10.5. The lowest BCUT2D eigenvalue weighted by Gasteiger charge is -2.28. The van der Waals surface area contributed by atoms with Crippen molar-refractivity contribution in [2.75, 3.05) is 26.3 Å². The highest BCUT2D eigenvalue weighted by Crippen LogP contribution is 2.32. The fraction of sp³-hybridized carbons (Fsp3) is 0.385. The van der Waals surface area contributed by atoms with Gasteiger partial charge in [-0.1, -0.05) is 18.2 Å². The molecule has 0 radical (unpaired) electrons. The van der Waals surface area contributed by atoms with Gasteiger partial charge in [0.2, 0.25) is 5.95 Å². The molecule has 0 saturated carbocycles. The second-order valence-electron chi connectivity index (χ2n) is 4.13.